The molecule has 0 spiro atoms. The summed E-state index contributed by atoms with van der Waals surface area (Å²) in [6, 6.07) is 10.2. The first-order valence-electron chi connectivity index (χ1n) is 8.79. The van der Waals surface area contributed by atoms with Gasteiger partial charge in [-0.15, -0.1) is 0 Å². The monoisotopic (exact) mass is 337 g/mol. The van der Waals surface area contributed by atoms with E-state index in [-0.39, 0.29) is 11.7 Å². The Hall–Kier alpha value is -2.74. The zero-order chi connectivity index (χ0) is 18.0. The van der Waals surface area contributed by atoms with Gasteiger partial charge in [0.05, 0.1) is 5.92 Å². The van der Waals surface area contributed by atoms with Crippen LogP contribution in [0.25, 0.3) is 0 Å². The lowest BCUT2D eigenvalue weighted by atomic mass is 9.77. The first-order chi connectivity index (χ1) is 12.1. The second-order valence-corrected chi connectivity index (χ2v) is 6.30. The van der Waals surface area contributed by atoms with E-state index in [0.717, 1.165) is 30.8 Å². The predicted molar refractivity (Wildman–Crippen MR) is 96.5 cm³/mol. The molecule has 0 fully saturated rings. The molecular formula is C20H23N3O2. The molecule has 1 aliphatic carbocycles. The van der Waals surface area contributed by atoms with E-state index in [1.54, 1.807) is 0 Å². The van der Waals surface area contributed by atoms with Gasteiger partial charge < -0.3 is 15.4 Å². The number of rotatable bonds is 4. The second kappa shape index (κ2) is 7.02. The molecule has 1 atom stereocenters. The van der Waals surface area contributed by atoms with Crippen LogP contribution in [0.2, 0.25) is 0 Å². The molecule has 2 aliphatic rings. The molecule has 0 amide bonds. The van der Waals surface area contributed by atoms with E-state index in [1.807, 2.05) is 24.3 Å². The molecule has 0 bridgehead atoms. The summed E-state index contributed by atoms with van der Waals surface area (Å²) in [5, 5.41) is 9.58. The molecule has 2 N–H and O–H groups in total. The summed E-state index contributed by atoms with van der Waals surface area (Å²) < 4.78 is 5.60. The molecule has 25 heavy (non-hydrogen) atoms. The first-order valence-corrected chi connectivity index (χ1v) is 8.79. The van der Waals surface area contributed by atoms with Gasteiger partial charge in [-0.25, -0.2) is 0 Å². The van der Waals surface area contributed by atoms with E-state index in [0.29, 0.717) is 29.7 Å². The zero-order valence-corrected chi connectivity index (χ0v) is 14.7. The smallest absolute Gasteiger partial charge is 0.205 e. The number of anilines is 1. The third kappa shape index (κ3) is 3.00. The van der Waals surface area contributed by atoms with Crippen molar-refractivity contribution in [2.45, 2.75) is 39.0 Å². The normalized spacial score (nSPS) is 20.0. The zero-order valence-electron chi connectivity index (χ0n) is 14.7. The van der Waals surface area contributed by atoms with Crippen LogP contribution in [0.3, 0.4) is 0 Å². The minimum absolute atomic E-state index is 0.0549. The van der Waals surface area contributed by atoms with Gasteiger partial charge in [0.2, 0.25) is 5.88 Å². The number of ketones is 1. The van der Waals surface area contributed by atoms with Gasteiger partial charge in [-0.2, -0.15) is 5.26 Å². The van der Waals surface area contributed by atoms with Gasteiger partial charge in [-0.1, -0.05) is 12.1 Å². The molecule has 0 unspecified atom stereocenters. The second-order valence-electron chi connectivity index (χ2n) is 6.30. The minimum Gasteiger partial charge on any atom is -0.444 e. The molecule has 1 aromatic rings. The van der Waals surface area contributed by atoms with E-state index in [4.69, 9.17) is 10.5 Å². The number of allylic oxidation sites excluding steroid dienone is 3. The van der Waals surface area contributed by atoms with Gasteiger partial charge >= 0.3 is 0 Å². The first kappa shape index (κ1) is 17.1. The largest absolute Gasteiger partial charge is 0.444 e. The maximum Gasteiger partial charge on any atom is 0.205 e. The van der Waals surface area contributed by atoms with E-state index in [9.17, 15) is 10.1 Å². The SMILES string of the molecule is CCN(CC)c1ccc([C@@H]2C(C#N)=C(N)OC3=C2C(=O)CCC3)cc1. The molecular weight excluding hydrogens is 314 g/mol. The van der Waals surface area contributed by atoms with Crippen LogP contribution in [0, 0.1) is 11.3 Å². The molecule has 0 saturated heterocycles. The van der Waals surface area contributed by atoms with Gasteiger partial charge in [0.15, 0.2) is 5.78 Å². The quantitative estimate of drug-likeness (QED) is 0.911. The molecule has 1 aliphatic heterocycles. The third-order valence-corrected chi connectivity index (χ3v) is 4.96. The van der Waals surface area contributed by atoms with Crippen molar-refractivity contribution in [2.75, 3.05) is 18.0 Å². The van der Waals surface area contributed by atoms with Crippen molar-refractivity contribution in [3.05, 3.63) is 52.6 Å². The lowest BCUT2D eigenvalue weighted by Gasteiger charge is -2.31. The molecule has 5 heteroatoms. The lowest BCUT2D eigenvalue weighted by molar-refractivity contribution is -0.116. The fraction of sp³-hybridized carbons (Fsp3) is 0.400. The highest BCUT2D eigenvalue weighted by Crippen LogP contribution is 2.43. The Bertz CT molecular complexity index is 780. The molecule has 0 saturated carbocycles. The number of Topliss-reactive ketones (excluding diaryl/α,β-unsaturated/α-hetero) is 1. The van der Waals surface area contributed by atoms with E-state index < -0.39 is 5.92 Å². The third-order valence-electron chi connectivity index (χ3n) is 4.96. The Kier molecular flexibility index (Phi) is 4.80. The van der Waals surface area contributed by atoms with E-state index >= 15 is 0 Å². The summed E-state index contributed by atoms with van der Waals surface area (Å²) in [7, 11) is 0. The molecule has 5 nitrogen and oxygen atoms in total. The Morgan fingerprint density at radius 2 is 1.92 bits per heavy atom. The molecule has 0 aromatic heterocycles. The van der Waals surface area contributed by atoms with Gasteiger partial charge in [0.1, 0.15) is 17.4 Å². The summed E-state index contributed by atoms with van der Waals surface area (Å²) in [6.07, 6.45) is 1.95. The summed E-state index contributed by atoms with van der Waals surface area (Å²) in [6.45, 7) is 6.09. The van der Waals surface area contributed by atoms with Crippen LogP contribution in [-0.2, 0) is 9.53 Å². The number of carbonyl (C=O) groups excluding carboxylic acids is 1. The van der Waals surface area contributed by atoms with Crippen molar-refractivity contribution in [1.29, 1.82) is 5.26 Å². The average molecular weight is 337 g/mol. The van der Waals surface area contributed by atoms with Crippen molar-refractivity contribution < 1.29 is 9.53 Å². The van der Waals surface area contributed by atoms with Crippen molar-refractivity contribution in [3.63, 3.8) is 0 Å². The number of nitrogens with two attached hydrogens (primary N) is 1. The topological polar surface area (TPSA) is 79.3 Å². The van der Waals surface area contributed by atoms with Gasteiger partial charge in [0.25, 0.3) is 0 Å². The summed E-state index contributed by atoms with van der Waals surface area (Å²) in [5.41, 5.74) is 8.93. The molecule has 0 radical (unpaired) electrons. The fourth-order valence-electron chi connectivity index (χ4n) is 3.66. The van der Waals surface area contributed by atoms with Gasteiger partial charge in [-0.05, 0) is 38.0 Å². The Labute approximate surface area is 148 Å². The highest BCUT2D eigenvalue weighted by Gasteiger charge is 2.37. The maximum absolute atomic E-state index is 12.5. The fourth-order valence-corrected chi connectivity index (χ4v) is 3.66. The lowest BCUT2D eigenvalue weighted by Crippen LogP contribution is -2.27. The molecule has 130 valence electrons. The standard InChI is InChI=1S/C20H23N3O2/c1-3-23(4-2)14-10-8-13(9-11-14)18-15(12-21)20(22)25-17-7-5-6-16(24)19(17)18/h8-11,18H,3-7,22H2,1-2H3/t18-/m1/s1. The molecule has 1 heterocycles. The summed E-state index contributed by atoms with van der Waals surface area (Å²) in [4.78, 5) is 14.8. The number of ether oxygens (including phenoxy) is 1. The number of nitriles is 1. The average Bonchev–Trinajstić information content (AvgIpc) is 2.62. The number of nitrogens with zero attached hydrogens (tertiary/aromatic N) is 2. The van der Waals surface area contributed by atoms with E-state index in [2.05, 4.69) is 24.8 Å². The number of hydrogen-bond donors (Lipinski definition) is 1. The van der Waals surface area contributed by atoms with E-state index in [1.165, 1.54) is 0 Å². The van der Waals surface area contributed by atoms with Gasteiger partial charge in [0, 0.05) is 37.2 Å². The highest BCUT2D eigenvalue weighted by atomic mass is 16.5. The van der Waals surface area contributed by atoms with Crippen molar-refractivity contribution in [2.24, 2.45) is 5.73 Å². The van der Waals surface area contributed by atoms with Crippen LogP contribution < -0.4 is 10.6 Å². The number of benzene rings is 1. The highest BCUT2D eigenvalue weighted by molar-refractivity contribution is 5.99. The molecule has 3 rings (SSSR count). The Morgan fingerprint density at radius 3 is 2.52 bits per heavy atom. The van der Waals surface area contributed by atoms with Crippen LogP contribution >= 0.6 is 0 Å². The Balaban J connectivity index is 2.05. The number of carbonyl (C=O) groups is 1. The van der Waals surface area contributed by atoms with Crippen molar-refractivity contribution in [1.82, 2.24) is 0 Å². The van der Waals surface area contributed by atoms with Crippen LogP contribution in [0.15, 0.2) is 47.1 Å². The predicted octanol–water partition coefficient (Wildman–Crippen LogP) is 3.35. The summed E-state index contributed by atoms with van der Waals surface area (Å²) >= 11 is 0. The van der Waals surface area contributed by atoms with Crippen molar-refractivity contribution >= 4 is 11.5 Å². The van der Waals surface area contributed by atoms with Crippen LogP contribution in [0.4, 0.5) is 5.69 Å². The molecule has 1 aromatic carbocycles. The minimum atomic E-state index is -0.424. The van der Waals surface area contributed by atoms with Crippen LogP contribution in [0.1, 0.15) is 44.6 Å². The van der Waals surface area contributed by atoms with Crippen LogP contribution in [0.5, 0.6) is 0 Å². The summed E-state index contributed by atoms with van der Waals surface area (Å²) in [5.74, 6) is 0.381. The van der Waals surface area contributed by atoms with Crippen LogP contribution in [-0.4, -0.2) is 18.9 Å². The number of hydrogen-bond acceptors (Lipinski definition) is 5. The van der Waals surface area contributed by atoms with Crippen molar-refractivity contribution in [3.8, 4) is 6.07 Å². The van der Waals surface area contributed by atoms with Gasteiger partial charge in [-0.3, -0.25) is 4.79 Å². The maximum atomic E-state index is 12.5. The Morgan fingerprint density at radius 1 is 1.24 bits per heavy atom.